The highest BCUT2D eigenvalue weighted by molar-refractivity contribution is 5.75. The summed E-state index contributed by atoms with van der Waals surface area (Å²) in [5.41, 5.74) is -0.586. The van der Waals surface area contributed by atoms with Gasteiger partial charge in [-0.25, -0.2) is 9.59 Å². The van der Waals surface area contributed by atoms with Gasteiger partial charge >= 0.3 is 12.1 Å². The molecule has 9 nitrogen and oxygen atoms in total. The van der Waals surface area contributed by atoms with E-state index >= 15 is 0 Å². The number of nitrogens with zero attached hydrogens (tertiary/aromatic N) is 1. The van der Waals surface area contributed by atoms with E-state index in [0.717, 1.165) is 0 Å². The first-order valence-corrected chi connectivity index (χ1v) is 9.15. The number of esters is 1. The van der Waals surface area contributed by atoms with Gasteiger partial charge in [0.25, 0.3) is 0 Å². The number of oxime groups is 1. The fraction of sp³-hybridized carbons (Fsp3) is 0.778. The molecule has 9 heteroatoms. The highest BCUT2D eigenvalue weighted by atomic mass is 16.7. The third kappa shape index (κ3) is 9.93. The number of hydrogen-bond donors (Lipinski definition) is 1. The van der Waals surface area contributed by atoms with Crippen LogP contribution in [-0.4, -0.2) is 55.7 Å². The van der Waals surface area contributed by atoms with Gasteiger partial charge in [-0.1, -0.05) is 5.16 Å². The van der Waals surface area contributed by atoms with Crippen molar-refractivity contribution < 1.29 is 33.4 Å². The predicted octanol–water partition coefficient (Wildman–Crippen LogP) is 2.18. The summed E-state index contributed by atoms with van der Waals surface area (Å²) in [4.78, 5) is 39.4. The van der Waals surface area contributed by atoms with Crippen molar-refractivity contribution in [3.63, 3.8) is 0 Å². The predicted molar refractivity (Wildman–Crippen MR) is 97.1 cm³/mol. The molecule has 27 heavy (non-hydrogen) atoms. The van der Waals surface area contributed by atoms with Crippen molar-refractivity contribution in [2.45, 2.75) is 71.3 Å². The number of amides is 1. The zero-order valence-corrected chi connectivity index (χ0v) is 16.4. The van der Waals surface area contributed by atoms with Gasteiger partial charge < -0.3 is 23.8 Å². The molecule has 0 spiro atoms. The lowest BCUT2D eigenvalue weighted by Gasteiger charge is -2.29. The lowest BCUT2D eigenvalue weighted by Crippen LogP contribution is -2.44. The normalized spacial score (nSPS) is 21.3. The monoisotopic (exact) mass is 386 g/mol. The van der Waals surface area contributed by atoms with Gasteiger partial charge in [0.1, 0.15) is 18.1 Å². The van der Waals surface area contributed by atoms with Crippen molar-refractivity contribution in [2.24, 2.45) is 11.1 Å². The van der Waals surface area contributed by atoms with Crippen LogP contribution in [-0.2, 0) is 28.6 Å². The number of nitrogens with one attached hydrogen (secondary N) is 1. The van der Waals surface area contributed by atoms with Crippen LogP contribution in [0.25, 0.3) is 0 Å². The van der Waals surface area contributed by atoms with Crippen molar-refractivity contribution >= 4 is 24.6 Å². The Labute approximate surface area is 159 Å². The Morgan fingerprint density at radius 1 is 1.37 bits per heavy atom. The number of ether oxygens (including phenoxy) is 3. The van der Waals surface area contributed by atoms with Crippen LogP contribution in [0.3, 0.4) is 0 Å². The van der Waals surface area contributed by atoms with Gasteiger partial charge in [0, 0.05) is 38.0 Å². The lowest BCUT2D eigenvalue weighted by molar-refractivity contribution is -0.157. The van der Waals surface area contributed by atoms with Gasteiger partial charge in [-0.2, -0.15) is 0 Å². The van der Waals surface area contributed by atoms with E-state index in [2.05, 4.69) is 10.5 Å². The molecule has 154 valence electrons. The third-order valence-corrected chi connectivity index (χ3v) is 3.56. The maximum atomic E-state index is 11.8. The summed E-state index contributed by atoms with van der Waals surface area (Å²) in [6.07, 6.45) is 1.95. The summed E-state index contributed by atoms with van der Waals surface area (Å²) in [6, 6.07) is 0. The molecule has 1 fully saturated rings. The molecule has 1 amide bonds. The number of carbonyl (C=O) groups excluding carboxylic acids is 3. The van der Waals surface area contributed by atoms with Crippen molar-refractivity contribution in [3.8, 4) is 0 Å². The molecule has 0 aliphatic carbocycles. The molecule has 0 bridgehead atoms. The van der Waals surface area contributed by atoms with E-state index in [9.17, 15) is 14.4 Å². The Kier molecular flexibility index (Phi) is 9.77. The molecular formula is C18H30N2O7. The summed E-state index contributed by atoms with van der Waals surface area (Å²) < 4.78 is 15.6. The number of rotatable bonds is 9. The Morgan fingerprint density at radius 3 is 2.74 bits per heavy atom. The third-order valence-electron chi connectivity index (χ3n) is 3.56. The molecule has 3 unspecified atom stereocenters. The van der Waals surface area contributed by atoms with E-state index in [-0.39, 0.29) is 25.4 Å². The van der Waals surface area contributed by atoms with Crippen LogP contribution in [0.1, 0.15) is 53.4 Å². The zero-order chi connectivity index (χ0) is 20.3. The van der Waals surface area contributed by atoms with Crippen LogP contribution in [0.15, 0.2) is 5.16 Å². The van der Waals surface area contributed by atoms with Crippen molar-refractivity contribution in [2.75, 3.05) is 13.2 Å². The van der Waals surface area contributed by atoms with Crippen LogP contribution in [0, 0.1) is 5.92 Å². The average molecular weight is 386 g/mol. The molecule has 0 radical (unpaired) electrons. The van der Waals surface area contributed by atoms with Crippen LogP contribution in [0.4, 0.5) is 4.79 Å². The SMILES string of the molecule is CCOC(=O)C(CCC=O)ON=CC1CCOC(NC(=O)OC(C)(C)C)C1. The van der Waals surface area contributed by atoms with Crippen molar-refractivity contribution in [1.82, 2.24) is 5.32 Å². The van der Waals surface area contributed by atoms with Gasteiger partial charge in [-0.3, -0.25) is 5.32 Å². The molecule has 0 aromatic carbocycles. The van der Waals surface area contributed by atoms with Crippen molar-refractivity contribution in [1.29, 1.82) is 0 Å². The minimum atomic E-state index is -0.915. The molecule has 1 saturated heterocycles. The van der Waals surface area contributed by atoms with Gasteiger partial charge in [0.15, 0.2) is 0 Å². The summed E-state index contributed by atoms with van der Waals surface area (Å²) in [6.45, 7) is 7.71. The first kappa shape index (κ1) is 22.9. The molecule has 0 saturated carbocycles. The number of hydrogen-bond acceptors (Lipinski definition) is 8. The van der Waals surface area contributed by atoms with Gasteiger partial charge in [-0.05, 0) is 34.1 Å². The first-order valence-electron chi connectivity index (χ1n) is 9.15. The van der Waals surface area contributed by atoms with E-state index in [0.29, 0.717) is 25.7 Å². The Morgan fingerprint density at radius 2 is 2.11 bits per heavy atom. The van der Waals surface area contributed by atoms with E-state index in [1.807, 2.05) is 0 Å². The standard InChI is InChI=1S/C18H30N2O7/c1-5-24-16(22)14(7-6-9-21)27-19-12-13-8-10-25-15(11-13)20-17(23)26-18(2,3)4/h9,12-15H,5-8,10-11H2,1-4H3,(H,20,23). The fourth-order valence-corrected chi connectivity index (χ4v) is 2.36. The lowest BCUT2D eigenvalue weighted by atomic mass is 10.0. The Balaban J connectivity index is 2.50. The van der Waals surface area contributed by atoms with Crippen molar-refractivity contribution in [3.05, 3.63) is 0 Å². The van der Waals surface area contributed by atoms with E-state index < -0.39 is 30.0 Å². The van der Waals surface area contributed by atoms with E-state index in [1.165, 1.54) is 0 Å². The second kappa shape index (κ2) is 11.5. The molecule has 3 atom stereocenters. The molecular weight excluding hydrogens is 356 g/mol. The van der Waals surface area contributed by atoms with Gasteiger partial charge in [0.05, 0.1) is 6.61 Å². The summed E-state index contributed by atoms with van der Waals surface area (Å²) in [5.74, 6) is -0.541. The first-order chi connectivity index (χ1) is 12.7. The molecule has 1 aliphatic rings. The second-order valence-electron chi connectivity index (χ2n) is 7.13. The maximum Gasteiger partial charge on any atom is 0.409 e. The Bertz CT molecular complexity index is 516. The van der Waals surface area contributed by atoms with E-state index in [1.54, 1.807) is 33.9 Å². The molecule has 0 aromatic rings. The van der Waals surface area contributed by atoms with Crippen LogP contribution in [0.2, 0.25) is 0 Å². The number of aldehydes is 1. The number of carbonyl (C=O) groups is 3. The van der Waals surface area contributed by atoms with Crippen LogP contribution in [0.5, 0.6) is 0 Å². The van der Waals surface area contributed by atoms with Crippen LogP contribution < -0.4 is 5.32 Å². The average Bonchev–Trinajstić information content (AvgIpc) is 2.56. The second-order valence-corrected chi connectivity index (χ2v) is 7.13. The minimum absolute atomic E-state index is 0.00704. The van der Waals surface area contributed by atoms with Crippen LogP contribution >= 0.6 is 0 Å². The Hall–Kier alpha value is -2.16. The molecule has 0 aromatic heterocycles. The largest absolute Gasteiger partial charge is 0.463 e. The van der Waals surface area contributed by atoms with Gasteiger partial charge in [0.2, 0.25) is 6.10 Å². The summed E-state index contributed by atoms with van der Waals surface area (Å²) in [5, 5.41) is 6.55. The summed E-state index contributed by atoms with van der Waals surface area (Å²) in [7, 11) is 0. The van der Waals surface area contributed by atoms with Gasteiger partial charge in [-0.15, -0.1) is 0 Å². The minimum Gasteiger partial charge on any atom is -0.463 e. The topological polar surface area (TPSA) is 113 Å². The smallest absolute Gasteiger partial charge is 0.409 e. The van der Waals surface area contributed by atoms with E-state index in [4.69, 9.17) is 19.0 Å². The highest BCUT2D eigenvalue weighted by Crippen LogP contribution is 2.18. The zero-order valence-electron chi connectivity index (χ0n) is 16.4. The number of alkyl carbamates (subject to hydrolysis) is 1. The molecule has 1 rings (SSSR count). The highest BCUT2D eigenvalue weighted by Gasteiger charge is 2.26. The molecule has 1 heterocycles. The quantitative estimate of drug-likeness (QED) is 0.280. The summed E-state index contributed by atoms with van der Waals surface area (Å²) >= 11 is 0. The molecule has 1 N–H and O–H groups in total. The fourth-order valence-electron chi connectivity index (χ4n) is 2.36. The maximum absolute atomic E-state index is 11.8. The molecule has 1 aliphatic heterocycles.